The Hall–Kier alpha value is -1.56. The van der Waals surface area contributed by atoms with Crippen molar-refractivity contribution in [2.75, 3.05) is 6.54 Å². The number of hydrogen-bond donors (Lipinski definition) is 2. The van der Waals surface area contributed by atoms with E-state index < -0.39 is 34.7 Å². The van der Waals surface area contributed by atoms with Gasteiger partial charge in [0.25, 0.3) is 5.91 Å². The Labute approximate surface area is 122 Å². The van der Waals surface area contributed by atoms with Crippen LogP contribution in [0.4, 0.5) is 13.2 Å². The van der Waals surface area contributed by atoms with E-state index in [0.717, 1.165) is 12.1 Å². The molecule has 2 N–H and O–H groups in total. The summed E-state index contributed by atoms with van der Waals surface area (Å²) in [7, 11) is 0. The van der Waals surface area contributed by atoms with Crippen LogP contribution in [0.15, 0.2) is 24.3 Å². The van der Waals surface area contributed by atoms with Gasteiger partial charge in [0.15, 0.2) is 0 Å². The van der Waals surface area contributed by atoms with Crippen LogP contribution in [-0.2, 0) is 6.18 Å². The lowest BCUT2D eigenvalue weighted by molar-refractivity contribution is -0.137. The van der Waals surface area contributed by atoms with Gasteiger partial charge in [0.05, 0.1) is 17.2 Å². The second-order valence-electron chi connectivity index (χ2n) is 5.94. The van der Waals surface area contributed by atoms with Crippen molar-refractivity contribution in [3.63, 3.8) is 0 Å². The molecular weight excluding hydrogens is 283 g/mol. The van der Waals surface area contributed by atoms with E-state index in [0.29, 0.717) is 6.42 Å². The number of hydrogen-bond acceptors (Lipinski definition) is 2. The molecular formula is C15H20F3NO2. The van der Waals surface area contributed by atoms with Crippen molar-refractivity contribution in [2.24, 2.45) is 5.41 Å². The van der Waals surface area contributed by atoms with Crippen LogP contribution in [0.1, 0.15) is 43.1 Å². The summed E-state index contributed by atoms with van der Waals surface area (Å²) in [6.07, 6.45) is -4.67. The van der Waals surface area contributed by atoms with E-state index in [9.17, 15) is 23.1 Å². The van der Waals surface area contributed by atoms with Crippen LogP contribution in [0.3, 0.4) is 0 Å². The Morgan fingerprint density at radius 3 is 2.38 bits per heavy atom. The summed E-state index contributed by atoms with van der Waals surface area (Å²) in [5.41, 5.74) is -1.74. The molecule has 1 amide bonds. The van der Waals surface area contributed by atoms with E-state index in [2.05, 4.69) is 5.32 Å². The number of nitrogens with one attached hydrogen (secondary N) is 1. The third-order valence-corrected chi connectivity index (χ3v) is 3.05. The monoisotopic (exact) mass is 303 g/mol. The maximum atomic E-state index is 12.8. The summed E-state index contributed by atoms with van der Waals surface area (Å²) in [5, 5.41) is 11.9. The Morgan fingerprint density at radius 1 is 1.29 bits per heavy atom. The topological polar surface area (TPSA) is 49.3 Å². The number of benzene rings is 1. The molecule has 0 aliphatic heterocycles. The summed E-state index contributed by atoms with van der Waals surface area (Å²) in [5.74, 6) is -0.762. The normalized spacial score (nSPS) is 13.9. The van der Waals surface area contributed by atoms with Crippen molar-refractivity contribution >= 4 is 5.91 Å². The van der Waals surface area contributed by atoms with Crippen LogP contribution >= 0.6 is 0 Å². The van der Waals surface area contributed by atoms with Crippen molar-refractivity contribution in [1.29, 1.82) is 0 Å². The first-order chi connectivity index (χ1) is 9.53. The van der Waals surface area contributed by atoms with E-state index >= 15 is 0 Å². The fourth-order valence-corrected chi connectivity index (χ4v) is 2.21. The largest absolute Gasteiger partial charge is 0.417 e. The number of carbonyl (C=O) groups is 1. The molecule has 0 saturated heterocycles. The van der Waals surface area contributed by atoms with Crippen LogP contribution in [-0.4, -0.2) is 23.7 Å². The molecule has 118 valence electrons. The maximum absolute atomic E-state index is 12.8. The first-order valence-corrected chi connectivity index (χ1v) is 6.65. The number of alkyl halides is 3. The van der Waals surface area contributed by atoms with E-state index in [4.69, 9.17) is 0 Å². The predicted molar refractivity (Wildman–Crippen MR) is 73.9 cm³/mol. The summed E-state index contributed by atoms with van der Waals surface area (Å²) >= 11 is 0. The molecule has 0 spiro atoms. The Morgan fingerprint density at radius 2 is 1.86 bits per heavy atom. The van der Waals surface area contributed by atoms with Gasteiger partial charge in [-0.05, 0) is 30.9 Å². The molecule has 0 radical (unpaired) electrons. The second-order valence-corrected chi connectivity index (χ2v) is 5.94. The molecule has 1 rings (SSSR count). The van der Waals surface area contributed by atoms with E-state index in [-0.39, 0.29) is 6.54 Å². The molecule has 0 saturated carbocycles. The van der Waals surface area contributed by atoms with Gasteiger partial charge < -0.3 is 10.4 Å². The molecule has 0 fully saturated rings. The number of aliphatic hydroxyl groups is 1. The van der Waals surface area contributed by atoms with Crippen LogP contribution in [0, 0.1) is 5.41 Å². The van der Waals surface area contributed by atoms with Gasteiger partial charge >= 0.3 is 6.18 Å². The van der Waals surface area contributed by atoms with Gasteiger partial charge in [0.2, 0.25) is 0 Å². The maximum Gasteiger partial charge on any atom is 0.417 e. The molecule has 0 aromatic heterocycles. The quantitative estimate of drug-likeness (QED) is 0.877. The molecule has 0 aliphatic carbocycles. The zero-order chi connectivity index (χ0) is 16.3. The number of amides is 1. The van der Waals surface area contributed by atoms with Crippen LogP contribution in [0.25, 0.3) is 0 Å². The molecule has 0 bridgehead atoms. The van der Waals surface area contributed by atoms with Crippen molar-refractivity contribution in [1.82, 2.24) is 5.32 Å². The smallest absolute Gasteiger partial charge is 0.393 e. The molecule has 3 nitrogen and oxygen atoms in total. The second kappa shape index (κ2) is 6.47. The molecule has 6 heteroatoms. The van der Waals surface area contributed by atoms with Gasteiger partial charge in [-0.1, -0.05) is 26.0 Å². The first-order valence-electron chi connectivity index (χ1n) is 6.65. The highest BCUT2D eigenvalue weighted by atomic mass is 19.4. The van der Waals surface area contributed by atoms with Gasteiger partial charge in [-0.2, -0.15) is 13.2 Å². The van der Waals surface area contributed by atoms with Gasteiger partial charge in [-0.15, -0.1) is 0 Å². The minimum atomic E-state index is -4.57. The van der Waals surface area contributed by atoms with Gasteiger partial charge in [-0.25, -0.2) is 0 Å². The van der Waals surface area contributed by atoms with E-state index in [1.54, 1.807) is 6.92 Å². The minimum absolute atomic E-state index is 0.183. The number of carbonyl (C=O) groups excluding carboxylic acids is 1. The fourth-order valence-electron chi connectivity index (χ4n) is 2.21. The van der Waals surface area contributed by atoms with Crippen LogP contribution in [0.2, 0.25) is 0 Å². The fraction of sp³-hybridized carbons (Fsp3) is 0.533. The summed E-state index contributed by atoms with van der Waals surface area (Å²) in [4.78, 5) is 12.0. The molecule has 1 atom stereocenters. The van der Waals surface area contributed by atoms with Gasteiger partial charge in [0, 0.05) is 6.54 Å². The highest BCUT2D eigenvalue weighted by molar-refractivity contribution is 5.95. The van der Waals surface area contributed by atoms with Crippen molar-refractivity contribution in [2.45, 2.75) is 39.5 Å². The molecule has 0 heterocycles. The molecule has 1 aromatic rings. The highest BCUT2D eigenvalue weighted by Gasteiger charge is 2.35. The predicted octanol–water partition coefficient (Wildman–Crippen LogP) is 3.23. The molecule has 0 aliphatic rings. The number of aliphatic hydroxyl groups excluding tert-OH is 1. The van der Waals surface area contributed by atoms with Crippen molar-refractivity contribution in [3.8, 4) is 0 Å². The lowest BCUT2D eigenvalue weighted by Crippen LogP contribution is -2.36. The van der Waals surface area contributed by atoms with Gasteiger partial charge in [-0.3, -0.25) is 4.79 Å². The zero-order valence-electron chi connectivity index (χ0n) is 12.3. The van der Waals surface area contributed by atoms with E-state index in [1.807, 2.05) is 13.8 Å². The average molecular weight is 303 g/mol. The number of halogens is 3. The molecule has 1 aromatic carbocycles. The lowest BCUT2D eigenvalue weighted by Gasteiger charge is -2.26. The minimum Gasteiger partial charge on any atom is -0.393 e. The van der Waals surface area contributed by atoms with Gasteiger partial charge in [0.1, 0.15) is 0 Å². The highest BCUT2D eigenvalue weighted by Crippen LogP contribution is 2.32. The summed E-state index contributed by atoms with van der Waals surface area (Å²) in [6.45, 7) is 5.47. The van der Waals surface area contributed by atoms with Crippen LogP contribution in [0.5, 0.6) is 0 Å². The Kier molecular flexibility index (Phi) is 5.39. The molecule has 1 unspecified atom stereocenters. The lowest BCUT2D eigenvalue weighted by atomic mass is 9.87. The van der Waals surface area contributed by atoms with Crippen molar-refractivity contribution < 1.29 is 23.1 Å². The number of rotatable bonds is 5. The first kappa shape index (κ1) is 17.5. The average Bonchev–Trinajstić information content (AvgIpc) is 2.33. The summed E-state index contributed by atoms with van der Waals surface area (Å²) in [6, 6.07) is 4.68. The Bertz CT molecular complexity index is 496. The van der Waals surface area contributed by atoms with E-state index in [1.165, 1.54) is 12.1 Å². The third kappa shape index (κ3) is 5.38. The molecule has 21 heavy (non-hydrogen) atoms. The van der Waals surface area contributed by atoms with Crippen LogP contribution < -0.4 is 5.32 Å². The Balaban J connectivity index is 2.82. The summed E-state index contributed by atoms with van der Waals surface area (Å²) < 4.78 is 38.5. The van der Waals surface area contributed by atoms with Crippen molar-refractivity contribution in [3.05, 3.63) is 35.4 Å². The standard InChI is InChI=1S/C15H20F3NO2/c1-10(20)8-14(2,3)9-19-13(21)11-6-4-5-7-12(11)15(16,17)18/h4-7,10,20H,8-9H2,1-3H3,(H,19,21). The zero-order valence-corrected chi connectivity index (χ0v) is 12.3. The third-order valence-electron chi connectivity index (χ3n) is 3.05. The SMILES string of the molecule is CC(O)CC(C)(C)CNC(=O)c1ccccc1C(F)(F)F.